The van der Waals surface area contributed by atoms with Crippen LogP contribution in [0.1, 0.15) is 16.1 Å². The van der Waals surface area contributed by atoms with E-state index in [4.69, 9.17) is 13.9 Å². The zero-order chi connectivity index (χ0) is 23.5. The lowest BCUT2D eigenvalue weighted by Crippen LogP contribution is -2.20. The Labute approximate surface area is 190 Å². The number of amides is 1. The number of rotatable bonds is 7. The van der Waals surface area contributed by atoms with E-state index in [0.717, 1.165) is 10.2 Å². The number of methoxy groups -OCH3 is 1. The first kappa shape index (κ1) is 22.0. The SMILES string of the molecule is COC(=O)c1c(C)oc(NC(=O)COc2ccc([N+](=O)[O-])cc2)c1-c1nc2ccccc2s1. The van der Waals surface area contributed by atoms with Gasteiger partial charge in [0.1, 0.15) is 22.1 Å². The third-order valence-electron chi connectivity index (χ3n) is 4.65. The van der Waals surface area contributed by atoms with Gasteiger partial charge in [0.05, 0.1) is 27.8 Å². The number of para-hydroxylation sites is 1. The number of carbonyl (C=O) groups is 2. The molecular formula is C22H17N3O7S. The van der Waals surface area contributed by atoms with E-state index in [1.165, 1.54) is 42.7 Å². The number of carbonyl (C=O) groups excluding carboxylic acids is 2. The van der Waals surface area contributed by atoms with E-state index >= 15 is 0 Å². The Hall–Kier alpha value is -4.25. The van der Waals surface area contributed by atoms with Crippen LogP contribution in [0.3, 0.4) is 0 Å². The molecule has 0 aliphatic carbocycles. The number of ether oxygens (including phenoxy) is 2. The molecule has 0 radical (unpaired) electrons. The van der Waals surface area contributed by atoms with Crippen LogP contribution >= 0.6 is 11.3 Å². The zero-order valence-electron chi connectivity index (χ0n) is 17.5. The predicted octanol–water partition coefficient (Wildman–Crippen LogP) is 4.58. The van der Waals surface area contributed by atoms with Gasteiger partial charge >= 0.3 is 5.97 Å². The average molecular weight is 467 g/mol. The molecule has 4 rings (SSSR count). The highest BCUT2D eigenvalue weighted by atomic mass is 32.1. The van der Waals surface area contributed by atoms with Crippen molar-refractivity contribution in [3.8, 4) is 16.3 Å². The highest BCUT2D eigenvalue weighted by Crippen LogP contribution is 2.40. The maximum Gasteiger partial charge on any atom is 0.342 e. The summed E-state index contributed by atoms with van der Waals surface area (Å²) < 4.78 is 16.9. The summed E-state index contributed by atoms with van der Waals surface area (Å²) in [6.45, 7) is 1.20. The molecule has 1 amide bonds. The fourth-order valence-electron chi connectivity index (χ4n) is 3.14. The lowest BCUT2D eigenvalue weighted by atomic mass is 10.1. The number of esters is 1. The molecule has 2 aromatic heterocycles. The van der Waals surface area contributed by atoms with E-state index in [1.807, 2.05) is 24.3 Å². The van der Waals surface area contributed by atoms with Crippen LogP contribution in [-0.4, -0.2) is 35.5 Å². The van der Waals surface area contributed by atoms with E-state index in [2.05, 4.69) is 10.3 Å². The van der Waals surface area contributed by atoms with Crippen molar-refractivity contribution in [1.82, 2.24) is 4.98 Å². The predicted molar refractivity (Wildman–Crippen MR) is 121 cm³/mol. The molecule has 4 aromatic rings. The molecule has 0 saturated carbocycles. The molecule has 1 N–H and O–H groups in total. The number of anilines is 1. The van der Waals surface area contributed by atoms with Gasteiger partial charge in [-0.25, -0.2) is 9.78 Å². The van der Waals surface area contributed by atoms with Gasteiger partial charge in [-0.3, -0.25) is 20.2 Å². The molecule has 0 aliphatic heterocycles. The van der Waals surface area contributed by atoms with Gasteiger partial charge in [-0.1, -0.05) is 12.1 Å². The highest BCUT2D eigenvalue weighted by molar-refractivity contribution is 7.21. The number of benzene rings is 2. The Morgan fingerprint density at radius 2 is 1.91 bits per heavy atom. The molecular weight excluding hydrogens is 450 g/mol. The quantitative estimate of drug-likeness (QED) is 0.237. The first-order valence-electron chi connectivity index (χ1n) is 9.62. The van der Waals surface area contributed by atoms with E-state index in [-0.39, 0.29) is 35.3 Å². The fraction of sp³-hybridized carbons (Fsp3) is 0.136. The number of thiazole rings is 1. The summed E-state index contributed by atoms with van der Waals surface area (Å²) in [5.74, 6) is -0.575. The van der Waals surface area contributed by atoms with Crippen molar-refractivity contribution in [1.29, 1.82) is 0 Å². The van der Waals surface area contributed by atoms with Crippen molar-refractivity contribution in [3.05, 3.63) is 70.0 Å². The summed E-state index contributed by atoms with van der Waals surface area (Å²) in [7, 11) is 1.26. The lowest BCUT2D eigenvalue weighted by molar-refractivity contribution is -0.384. The van der Waals surface area contributed by atoms with E-state index in [9.17, 15) is 19.7 Å². The molecule has 168 valence electrons. The Kier molecular flexibility index (Phi) is 6.05. The zero-order valence-corrected chi connectivity index (χ0v) is 18.3. The normalized spacial score (nSPS) is 10.7. The topological polar surface area (TPSA) is 134 Å². The molecule has 11 heteroatoms. The molecule has 0 unspecified atom stereocenters. The van der Waals surface area contributed by atoms with Gasteiger partial charge in [-0.2, -0.15) is 0 Å². The van der Waals surface area contributed by atoms with Crippen molar-refractivity contribution >= 4 is 45.0 Å². The number of nitro benzene ring substituents is 1. The summed E-state index contributed by atoms with van der Waals surface area (Å²) in [6, 6.07) is 12.8. The molecule has 0 atom stereocenters. The second-order valence-corrected chi connectivity index (χ2v) is 7.83. The maximum absolute atomic E-state index is 12.5. The molecule has 0 aliphatic rings. The van der Waals surface area contributed by atoms with E-state index < -0.39 is 16.8 Å². The molecule has 0 saturated heterocycles. The van der Waals surface area contributed by atoms with Crippen molar-refractivity contribution in [2.24, 2.45) is 0 Å². The van der Waals surface area contributed by atoms with Crippen LogP contribution in [0.5, 0.6) is 5.75 Å². The standard InChI is InChI=1S/C22H17N3O7S/c1-12-18(22(27)30-2)19(21-23-15-5-3-4-6-16(15)33-21)20(32-12)24-17(26)11-31-14-9-7-13(8-10-14)25(28)29/h3-10H,11H2,1-2H3,(H,24,26). The first-order valence-corrected chi connectivity index (χ1v) is 10.4. The number of aryl methyl sites for hydroxylation is 1. The van der Waals surface area contributed by atoms with Crippen molar-refractivity contribution in [2.75, 3.05) is 19.0 Å². The summed E-state index contributed by atoms with van der Waals surface area (Å²) in [4.78, 5) is 39.8. The number of nitrogens with zero attached hydrogens (tertiary/aromatic N) is 2. The van der Waals surface area contributed by atoms with Crippen LogP contribution in [0.15, 0.2) is 52.9 Å². The van der Waals surface area contributed by atoms with Gasteiger partial charge in [-0.05, 0) is 31.2 Å². The largest absolute Gasteiger partial charge is 0.484 e. The van der Waals surface area contributed by atoms with Gasteiger partial charge in [-0.15, -0.1) is 11.3 Å². The second-order valence-electron chi connectivity index (χ2n) is 6.80. The monoisotopic (exact) mass is 467 g/mol. The maximum atomic E-state index is 12.5. The molecule has 0 spiro atoms. The Morgan fingerprint density at radius 3 is 2.58 bits per heavy atom. The van der Waals surface area contributed by atoms with E-state index in [0.29, 0.717) is 10.6 Å². The number of aromatic nitrogens is 1. The van der Waals surface area contributed by atoms with Crippen LogP contribution < -0.4 is 10.1 Å². The summed E-state index contributed by atoms with van der Waals surface area (Å²) in [6.07, 6.45) is 0. The van der Waals surface area contributed by atoms with E-state index in [1.54, 1.807) is 6.92 Å². The smallest absolute Gasteiger partial charge is 0.342 e. The first-order chi connectivity index (χ1) is 15.9. The minimum absolute atomic E-state index is 0.0456. The number of hydrogen-bond donors (Lipinski definition) is 1. The summed E-state index contributed by atoms with van der Waals surface area (Å²) in [5, 5.41) is 13.8. The molecule has 33 heavy (non-hydrogen) atoms. The van der Waals surface area contributed by atoms with Gasteiger partial charge in [0.25, 0.3) is 11.6 Å². The number of nitro groups is 1. The molecule has 2 heterocycles. The molecule has 10 nitrogen and oxygen atoms in total. The minimum Gasteiger partial charge on any atom is -0.484 e. The van der Waals surface area contributed by atoms with Gasteiger partial charge in [0.15, 0.2) is 6.61 Å². The van der Waals surface area contributed by atoms with Crippen LogP contribution in [0, 0.1) is 17.0 Å². The summed E-state index contributed by atoms with van der Waals surface area (Å²) in [5.41, 5.74) is 1.15. The lowest BCUT2D eigenvalue weighted by Gasteiger charge is -2.07. The number of non-ortho nitro benzene ring substituents is 1. The molecule has 0 fully saturated rings. The number of fused-ring (bicyclic) bond motifs is 1. The van der Waals surface area contributed by atoms with Crippen molar-refractivity contribution in [2.45, 2.75) is 6.92 Å². The fourth-order valence-corrected chi connectivity index (χ4v) is 4.15. The van der Waals surface area contributed by atoms with Gasteiger partial charge in [0.2, 0.25) is 5.88 Å². The van der Waals surface area contributed by atoms with Crippen LogP contribution in [0.4, 0.5) is 11.6 Å². The van der Waals surface area contributed by atoms with Crippen LogP contribution in [-0.2, 0) is 9.53 Å². The minimum atomic E-state index is -0.617. The Bertz CT molecular complexity index is 1330. The number of hydrogen-bond acceptors (Lipinski definition) is 9. The number of furan rings is 1. The Balaban J connectivity index is 1.59. The Morgan fingerprint density at radius 1 is 1.18 bits per heavy atom. The summed E-state index contributed by atoms with van der Waals surface area (Å²) >= 11 is 1.34. The van der Waals surface area contributed by atoms with Crippen molar-refractivity contribution in [3.63, 3.8) is 0 Å². The van der Waals surface area contributed by atoms with Crippen LogP contribution in [0.2, 0.25) is 0 Å². The van der Waals surface area contributed by atoms with Gasteiger partial charge in [0, 0.05) is 12.1 Å². The van der Waals surface area contributed by atoms with Crippen molar-refractivity contribution < 1.29 is 28.4 Å². The third-order valence-corrected chi connectivity index (χ3v) is 5.71. The molecule has 0 bridgehead atoms. The highest BCUT2D eigenvalue weighted by Gasteiger charge is 2.28. The van der Waals surface area contributed by atoms with Crippen LogP contribution in [0.25, 0.3) is 20.8 Å². The van der Waals surface area contributed by atoms with Gasteiger partial charge < -0.3 is 13.9 Å². The third kappa shape index (κ3) is 4.53. The average Bonchev–Trinajstić information content (AvgIpc) is 3.37. The molecule has 2 aromatic carbocycles. The second kappa shape index (κ2) is 9.09. The number of nitrogens with one attached hydrogen (secondary N) is 1.